The lowest BCUT2D eigenvalue weighted by atomic mass is 9.84. The lowest BCUT2D eigenvalue weighted by Gasteiger charge is -2.34. The molecule has 0 bridgehead atoms. The van der Waals surface area contributed by atoms with E-state index in [1.54, 1.807) is 31.3 Å². The zero-order valence-corrected chi connectivity index (χ0v) is 17.7. The number of hydrogen-bond donors (Lipinski definition) is 0. The molecule has 0 N–H and O–H groups in total. The summed E-state index contributed by atoms with van der Waals surface area (Å²) < 4.78 is 5.97. The van der Waals surface area contributed by atoms with Crippen molar-refractivity contribution in [3.8, 4) is 0 Å². The highest BCUT2D eigenvalue weighted by atomic mass is 16.3. The molecule has 7 heteroatoms. The van der Waals surface area contributed by atoms with Gasteiger partial charge < -0.3 is 19.1 Å². The summed E-state index contributed by atoms with van der Waals surface area (Å²) in [6.07, 6.45) is 0.654. The summed E-state index contributed by atoms with van der Waals surface area (Å²) in [6, 6.07) is 14.2. The number of amides is 2. The van der Waals surface area contributed by atoms with Crippen molar-refractivity contribution >= 4 is 28.5 Å². The van der Waals surface area contributed by atoms with Gasteiger partial charge in [0, 0.05) is 24.8 Å². The summed E-state index contributed by atoms with van der Waals surface area (Å²) in [5.74, 6) is -0.768. The van der Waals surface area contributed by atoms with E-state index in [4.69, 9.17) is 4.42 Å². The highest BCUT2D eigenvalue weighted by Gasteiger charge is 2.64. The number of carbonyl (C=O) groups excluding carboxylic acids is 2. The zero-order chi connectivity index (χ0) is 21.9. The molecule has 2 aliphatic heterocycles. The average Bonchev–Trinajstić information content (AvgIpc) is 3.14. The first-order valence-electron chi connectivity index (χ1n) is 10.3. The predicted octanol–water partition coefficient (Wildman–Crippen LogP) is 2.42. The summed E-state index contributed by atoms with van der Waals surface area (Å²) in [5, 5.41) is 0.364. The minimum Gasteiger partial charge on any atom is -0.450 e. The van der Waals surface area contributed by atoms with Crippen LogP contribution in [0.5, 0.6) is 0 Å². The number of carbonyl (C=O) groups is 2. The Balaban J connectivity index is 1.83. The normalized spacial score (nSPS) is 19.7. The van der Waals surface area contributed by atoms with Crippen LogP contribution in [0.25, 0.3) is 11.0 Å². The second-order valence-electron chi connectivity index (χ2n) is 8.34. The molecule has 31 heavy (non-hydrogen) atoms. The number of rotatable bonds is 4. The molecule has 2 aromatic carbocycles. The lowest BCUT2D eigenvalue weighted by Crippen LogP contribution is -2.53. The molecule has 3 heterocycles. The Hall–Kier alpha value is -3.45. The van der Waals surface area contributed by atoms with Crippen molar-refractivity contribution in [1.29, 1.82) is 0 Å². The second-order valence-corrected chi connectivity index (χ2v) is 8.34. The van der Waals surface area contributed by atoms with Crippen molar-refractivity contribution in [2.45, 2.75) is 12.0 Å². The molecule has 0 saturated heterocycles. The molecule has 3 aromatic rings. The Morgan fingerprint density at radius 1 is 1.00 bits per heavy atom. The van der Waals surface area contributed by atoms with Crippen molar-refractivity contribution in [3.63, 3.8) is 0 Å². The molecule has 1 atom stereocenters. The zero-order valence-electron chi connectivity index (χ0n) is 17.7. The van der Waals surface area contributed by atoms with Crippen LogP contribution in [0, 0.1) is 0 Å². The van der Waals surface area contributed by atoms with Gasteiger partial charge in [-0.15, -0.1) is 0 Å². The van der Waals surface area contributed by atoms with Gasteiger partial charge in [0.15, 0.2) is 11.0 Å². The second kappa shape index (κ2) is 6.78. The Bertz CT molecular complexity index is 1300. The largest absolute Gasteiger partial charge is 0.450 e. The third-order valence-electron chi connectivity index (χ3n) is 6.26. The lowest BCUT2D eigenvalue weighted by molar-refractivity contribution is -0.125. The number of likely N-dealkylation sites (N-methyl/N-ethyl adjacent to an activating group) is 1. The van der Waals surface area contributed by atoms with E-state index in [0.29, 0.717) is 35.2 Å². The Morgan fingerprint density at radius 3 is 2.48 bits per heavy atom. The third kappa shape index (κ3) is 2.47. The predicted molar refractivity (Wildman–Crippen MR) is 117 cm³/mol. The Kier molecular flexibility index (Phi) is 4.27. The minimum atomic E-state index is -1.51. The maximum atomic E-state index is 13.8. The summed E-state index contributed by atoms with van der Waals surface area (Å²) >= 11 is 0. The molecular weight excluding hydrogens is 394 g/mol. The summed E-state index contributed by atoms with van der Waals surface area (Å²) in [6.45, 7) is 1.07. The molecule has 0 fully saturated rings. The Labute approximate surface area is 179 Å². The van der Waals surface area contributed by atoms with E-state index in [2.05, 4.69) is 0 Å². The van der Waals surface area contributed by atoms with Gasteiger partial charge in [-0.05, 0) is 45.3 Å². The van der Waals surface area contributed by atoms with E-state index >= 15 is 0 Å². The van der Waals surface area contributed by atoms with E-state index in [-0.39, 0.29) is 22.7 Å². The van der Waals surface area contributed by atoms with E-state index in [0.717, 1.165) is 6.54 Å². The highest BCUT2D eigenvalue weighted by molar-refractivity contribution is 6.16. The van der Waals surface area contributed by atoms with Crippen molar-refractivity contribution in [1.82, 2.24) is 9.80 Å². The van der Waals surface area contributed by atoms with Crippen LogP contribution in [0.3, 0.4) is 0 Å². The summed E-state index contributed by atoms with van der Waals surface area (Å²) in [7, 11) is 5.59. The molecule has 7 nitrogen and oxygen atoms in total. The molecule has 5 rings (SSSR count). The van der Waals surface area contributed by atoms with Gasteiger partial charge in [0.1, 0.15) is 5.58 Å². The molecule has 158 valence electrons. The molecule has 2 amide bonds. The van der Waals surface area contributed by atoms with E-state index < -0.39 is 11.4 Å². The number of hydrogen-bond acceptors (Lipinski definition) is 5. The van der Waals surface area contributed by atoms with Gasteiger partial charge in [0.05, 0.1) is 10.9 Å². The highest BCUT2D eigenvalue weighted by Crippen LogP contribution is 2.52. The number of para-hydroxylation sites is 2. The quantitative estimate of drug-likeness (QED) is 0.652. The molecular formula is C24H23N3O4. The van der Waals surface area contributed by atoms with Gasteiger partial charge >= 0.3 is 0 Å². The molecule has 0 aliphatic carbocycles. The van der Waals surface area contributed by atoms with Crippen LogP contribution in [0.15, 0.2) is 57.7 Å². The third-order valence-corrected chi connectivity index (χ3v) is 6.26. The first kappa shape index (κ1) is 19.5. The topological polar surface area (TPSA) is 74.1 Å². The maximum absolute atomic E-state index is 13.8. The van der Waals surface area contributed by atoms with Gasteiger partial charge in [-0.2, -0.15) is 0 Å². The van der Waals surface area contributed by atoms with Crippen LogP contribution in [0.2, 0.25) is 0 Å². The fourth-order valence-electron chi connectivity index (χ4n) is 4.89. The van der Waals surface area contributed by atoms with Crippen molar-refractivity contribution in [2.75, 3.05) is 39.1 Å². The molecule has 2 aliphatic rings. The van der Waals surface area contributed by atoms with E-state index in [9.17, 15) is 14.4 Å². The number of benzene rings is 2. The number of nitrogens with zero attached hydrogens (tertiary/aromatic N) is 3. The van der Waals surface area contributed by atoms with Gasteiger partial charge in [-0.1, -0.05) is 30.3 Å². The van der Waals surface area contributed by atoms with Crippen LogP contribution >= 0.6 is 0 Å². The fraction of sp³-hybridized carbons (Fsp3) is 0.292. The first-order valence-corrected chi connectivity index (χ1v) is 10.3. The molecule has 0 radical (unpaired) electrons. The van der Waals surface area contributed by atoms with Crippen LogP contribution in [-0.4, -0.2) is 55.8 Å². The van der Waals surface area contributed by atoms with Crippen LogP contribution < -0.4 is 10.3 Å². The Morgan fingerprint density at radius 2 is 1.71 bits per heavy atom. The van der Waals surface area contributed by atoms with E-state index in [1.807, 2.05) is 43.3 Å². The summed E-state index contributed by atoms with van der Waals surface area (Å²) in [4.78, 5) is 46.2. The molecule has 1 aromatic heterocycles. The standard InChI is InChI=1S/C24H23N3O4/c1-25(2)13-8-14-27-22(29)21-19(20(28)15-9-4-7-12-18(15)31-21)24(27)16-10-5-6-11-17(16)26(3)23(24)30/h4-7,9-12H,8,13-14H2,1-3H3. The van der Waals surface area contributed by atoms with Crippen molar-refractivity contribution < 1.29 is 14.0 Å². The molecule has 1 spiro atoms. The smallest absolute Gasteiger partial charge is 0.291 e. The fourth-order valence-corrected chi connectivity index (χ4v) is 4.89. The maximum Gasteiger partial charge on any atom is 0.291 e. The van der Waals surface area contributed by atoms with Crippen LogP contribution in [0.1, 0.15) is 28.1 Å². The van der Waals surface area contributed by atoms with Gasteiger partial charge in [-0.3, -0.25) is 14.4 Å². The number of anilines is 1. The van der Waals surface area contributed by atoms with Crippen LogP contribution in [0.4, 0.5) is 5.69 Å². The van der Waals surface area contributed by atoms with Crippen molar-refractivity contribution in [2.24, 2.45) is 0 Å². The average molecular weight is 417 g/mol. The SMILES string of the molecule is CN(C)CCCN1C(=O)c2oc3ccccc3c(=O)c2C12C(=O)N(C)c1ccccc12. The van der Waals surface area contributed by atoms with Crippen LogP contribution in [-0.2, 0) is 10.3 Å². The molecule has 0 saturated carbocycles. The summed E-state index contributed by atoms with van der Waals surface area (Å²) in [5.41, 5.74) is -0.0340. The molecule has 1 unspecified atom stereocenters. The first-order chi connectivity index (χ1) is 14.9. The van der Waals surface area contributed by atoms with Crippen molar-refractivity contribution in [3.05, 3.63) is 75.6 Å². The minimum absolute atomic E-state index is 0.0352. The van der Waals surface area contributed by atoms with Gasteiger partial charge in [0.2, 0.25) is 5.76 Å². The van der Waals surface area contributed by atoms with E-state index in [1.165, 1.54) is 9.80 Å². The monoisotopic (exact) mass is 417 g/mol. The van der Waals surface area contributed by atoms with Gasteiger partial charge in [0.25, 0.3) is 11.8 Å². The number of fused-ring (bicyclic) bond motifs is 5. The van der Waals surface area contributed by atoms with Gasteiger partial charge in [-0.25, -0.2) is 0 Å².